The van der Waals surface area contributed by atoms with Crippen molar-refractivity contribution in [1.82, 2.24) is 0 Å². The quantitative estimate of drug-likeness (QED) is 0.367. The highest BCUT2D eigenvalue weighted by molar-refractivity contribution is 6.10. The zero-order valence-electron chi connectivity index (χ0n) is 16.4. The molecule has 0 spiro atoms. The molecule has 1 aliphatic rings. The largest absolute Gasteiger partial charge is 0.453 e. The lowest BCUT2D eigenvalue weighted by atomic mass is 9.83. The van der Waals surface area contributed by atoms with Crippen LogP contribution in [-0.2, 0) is 6.18 Å². The maximum Gasteiger partial charge on any atom is 0.420 e. The molecule has 5 rings (SSSR count). The van der Waals surface area contributed by atoms with E-state index in [-0.39, 0.29) is 5.58 Å². The van der Waals surface area contributed by atoms with Crippen LogP contribution >= 0.6 is 0 Å². The van der Waals surface area contributed by atoms with Gasteiger partial charge in [0.25, 0.3) is 0 Å². The van der Waals surface area contributed by atoms with Crippen molar-refractivity contribution >= 4 is 33.3 Å². The molecule has 0 saturated heterocycles. The first-order valence-corrected chi connectivity index (χ1v) is 10.4. The van der Waals surface area contributed by atoms with Crippen LogP contribution in [0.15, 0.2) is 65.1 Å². The van der Waals surface area contributed by atoms with Gasteiger partial charge in [0.15, 0.2) is 5.58 Å². The summed E-state index contributed by atoms with van der Waals surface area (Å²) in [6, 6.07) is 17.9. The van der Waals surface area contributed by atoms with Crippen molar-refractivity contribution in [3.8, 4) is 0 Å². The molecular weight excluding hydrogens is 387 g/mol. The maximum absolute atomic E-state index is 13.5. The Morgan fingerprint density at radius 3 is 2.17 bits per heavy atom. The topological polar surface area (TPSA) is 25.2 Å². The summed E-state index contributed by atoms with van der Waals surface area (Å²) in [4.78, 5) is 0. The molecular formula is C25H22F3NO. The highest BCUT2D eigenvalue weighted by Crippen LogP contribution is 2.42. The summed E-state index contributed by atoms with van der Waals surface area (Å²) in [6.45, 7) is 0. The second-order valence-electron chi connectivity index (χ2n) is 8.01. The third-order valence-electron chi connectivity index (χ3n) is 6.10. The van der Waals surface area contributed by atoms with E-state index < -0.39 is 11.7 Å². The summed E-state index contributed by atoms with van der Waals surface area (Å²) in [7, 11) is 0. The lowest BCUT2D eigenvalue weighted by molar-refractivity contribution is -0.136. The number of benzene rings is 3. The Kier molecular flexibility index (Phi) is 4.69. The van der Waals surface area contributed by atoms with Gasteiger partial charge in [0.2, 0.25) is 0 Å². The average Bonchev–Trinajstić information content (AvgIpc) is 3.14. The molecule has 1 N–H and O–H groups in total. The monoisotopic (exact) mass is 409 g/mol. The van der Waals surface area contributed by atoms with Crippen LogP contribution in [0.4, 0.5) is 24.5 Å². The molecule has 0 amide bonds. The van der Waals surface area contributed by atoms with Gasteiger partial charge in [0.1, 0.15) is 5.58 Å². The summed E-state index contributed by atoms with van der Waals surface area (Å²) in [5.74, 6) is 0.508. The molecule has 0 atom stereocenters. The Balaban J connectivity index is 1.61. The van der Waals surface area contributed by atoms with E-state index in [2.05, 4.69) is 11.4 Å². The first kappa shape index (κ1) is 19.0. The molecule has 2 nitrogen and oxygen atoms in total. The fraction of sp³-hybridized carbons (Fsp3) is 0.280. The Labute approximate surface area is 172 Å². The number of para-hydroxylation sites is 3. The lowest BCUT2D eigenvalue weighted by Gasteiger charge is -2.24. The van der Waals surface area contributed by atoms with Gasteiger partial charge in [-0.25, -0.2) is 0 Å². The molecule has 5 heteroatoms. The minimum absolute atomic E-state index is 0.116. The lowest BCUT2D eigenvalue weighted by Crippen LogP contribution is -2.07. The number of hydrogen-bond donors (Lipinski definition) is 1. The summed E-state index contributed by atoms with van der Waals surface area (Å²) < 4.78 is 46.2. The van der Waals surface area contributed by atoms with E-state index in [0.29, 0.717) is 28.0 Å². The van der Waals surface area contributed by atoms with Crippen molar-refractivity contribution in [2.45, 2.75) is 44.2 Å². The molecule has 0 aliphatic heterocycles. The Hall–Kier alpha value is -2.95. The summed E-state index contributed by atoms with van der Waals surface area (Å²) in [6.07, 6.45) is 1.63. The Morgan fingerprint density at radius 2 is 1.40 bits per heavy atom. The predicted octanol–water partition coefficient (Wildman–Crippen LogP) is 8.40. The van der Waals surface area contributed by atoms with Gasteiger partial charge < -0.3 is 9.73 Å². The van der Waals surface area contributed by atoms with E-state index in [9.17, 15) is 13.2 Å². The van der Waals surface area contributed by atoms with Crippen LogP contribution in [0.25, 0.3) is 21.9 Å². The SMILES string of the molecule is FC(F)(F)c1cccc2c1oc1c(Nc3ccccc3C3CCCCC3)cccc12. The molecule has 4 aromatic rings. The van der Waals surface area contributed by atoms with Crippen molar-refractivity contribution in [2.75, 3.05) is 5.32 Å². The number of nitrogens with one attached hydrogen (secondary N) is 1. The van der Waals surface area contributed by atoms with Gasteiger partial charge in [0, 0.05) is 16.5 Å². The van der Waals surface area contributed by atoms with Crippen molar-refractivity contribution < 1.29 is 17.6 Å². The van der Waals surface area contributed by atoms with E-state index in [1.807, 2.05) is 30.3 Å². The number of halogens is 3. The number of alkyl halides is 3. The number of fused-ring (bicyclic) bond motifs is 3. The minimum atomic E-state index is -4.46. The number of rotatable bonds is 3. The second kappa shape index (κ2) is 7.38. The summed E-state index contributed by atoms with van der Waals surface area (Å²) >= 11 is 0. The van der Waals surface area contributed by atoms with Crippen LogP contribution in [-0.4, -0.2) is 0 Å². The molecule has 1 aliphatic carbocycles. The van der Waals surface area contributed by atoms with Gasteiger partial charge in [-0.2, -0.15) is 13.2 Å². The molecule has 0 radical (unpaired) electrons. The average molecular weight is 409 g/mol. The van der Waals surface area contributed by atoms with Crippen molar-refractivity contribution in [3.63, 3.8) is 0 Å². The fourth-order valence-corrected chi connectivity index (χ4v) is 4.67. The molecule has 0 unspecified atom stereocenters. The molecule has 154 valence electrons. The van der Waals surface area contributed by atoms with E-state index in [4.69, 9.17) is 4.42 Å². The van der Waals surface area contributed by atoms with Gasteiger partial charge in [-0.05, 0) is 42.5 Å². The van der Waals surface area contributed by atoms with Crippen LogP contribution in [0.2, 0.25) is 0 Å². The van der Waals surface area contributed by atoms with Crippen molar-refractivity contribution in [1.29, 1.82) is 0 Å². The normalized spacial score (nSPS) is 15.7. The Bertz CT molecular complexity index is 1200. The minimum Gasteiger partial charge on any atom is -0.453 e. The fourth-order valence-electron chi connectivity index (χ4n) is 4.67. The van der Waals surface area contributed by atoms with Crippen LogP contribution in [0, 0.1) is 0 Å². The van der Waals surface area contributed by atoms with Crippen LogP contribution < -0.4 is 5.32 Å². The van der Waals surface area contributed by atoms with Crippen molar-refractivity contribution in [3.05, 3.63) is 71.8 Å². The smallest absolute Gasteiger partial charge is 0.420 e. The predicted molar refractivity (Wildman–Crippen MR) is 114 cm³/mol. The highest BCUT2D eigenvalue weighted by atomic mass is 19.4. The van der Waals surface area contributed by atoms with Gasteiger partial charge in [-0.1, -0.05) is 61.7 Å². The van der Waals surface area contributed by atoms with Crippen molar-refractivity contribution in [2.24, 2.45) is 0 Å². The van der Waals surface area contributed by atoms with Gasteiger partial charge in [-0.3, -0.25) is 0 Å². The molecule has 1 fully saturated rings. The van der Waals surface area contributed by atoms with Crippen LogP contribution in [0.3, 0.4) is 0 Å². The number of hydrogen-bond acceptors (Lipinski definition) is 2. The summed E-state index contributed by atoms with van der Waals surface area (Å²) in [5, 5.41) is 4.61. The summed E-state index contributed by atoms with van der Waals surface area (Å²) in [5.41, 5.74) is 2.52. The van der Waals surface area contributed by atoms with E-state index in [0.717, 1.165) is 11.8 Å². The molecule has 30 heavy (non-hydrogen) atoms. The Morgan fingerprint density at radius 1 is 0.733 bits per heavy atom. The van der Waals surface area contributed by atoms with Crippen LogP contribution in [0.5, 0.6) is 0 Å². The van der Waals surface area contributed by atoms with Crippen LogP contribution in [0.1, 0.15) is 49.1 Å². The highest BCUT2D eigenvalue weighted by Gasteiger charge is 2.34. The number of anilines is 2. The van der Waals surface area contributed by atoms with E-state index in [1.54, 1.807) is 12.1 Å². The van der Waals surface area contributed by atoms with E-state index in [1.165, 1.54) is 43.7 Å². The first-order valence-electron chi connectivity index (χ1n) is 10.4. The number of furan rings is 1. The van der Waals surface area contributed by atoms with Gasteiger partial charge in [0.05, 0.1) is 11.3 Å². The second-order valence-corrected chi connectivity index (χ2v) is 8.01. The molecule has 3 aromatic carbocycles. The maximum atomic E-state index is 13.5. The van der Waals surface area contributed by atoms with E-state index >= 15 is 0 Å². The molecule has 0 bridgehead atoms. The third kappa shape index (κ3) is 3.32. The zero-order valence-corrected chi connectivity index (χ0v) is 16.4. The zero-order chi connectivity index (χ0) is 20.7. The molecule has 1 saturated carbocycles. The molecule has 1 heterocycles. The first-order chi connectivity index (χ1) is 14.5. The third-order valence-corrected chi connectivity index (χ3v) is 6.10. The van der Waals surface area contributed by atoms with Gasteiger partial charge >= 0.3 is 6.18 Å². The van der Waals surface area contributed by atoms with Gasteiger partial charge in [-0.15, -0.1) is 0 Å². The molecule has 1 aromatic heterocycles. The standard InChI is InChI=1S/C25H22F3NO/c26-25(27,28)20-13-6-11-18-19-12-7-15-22(24(19)30-23(18)20)29-21-14-5-4-10-17(21)16-8-2-1-3-9-16/h4-7,10-16,29H,1-3,8-9H2.